The molecule has 2 amide bonds. The number of carbonyl (C=O) groups excluding carboxylic acids is 2. The van der Waals surface area contributed by atoms with E-state index in [0.29, 0.717) is 0 Å². The Hall–Kier alpha value is -1.15. The minimum Gasteiger partial charge on any atom is -0.538 e. The van der Waals surface area contributed by atoms with Crippen molar-refractivity contribution in [1.82, 2.24) is 5.32 Å². The predicted molar refractivity (Wildman–Crippen MR) is 84.0 cm³/mol. The van der Waals surface area contributed by atoms with Gasteiger partial charge in [0.25, 0.3) is 0 Å². The Labute approximate surface area is 126 Å². The van der Waals surface area contributed by atoms with Crippen LogP contribution in [0.25, 0.3) is 0 Å². The monoisotopic (exact) mass is 320 g/mol. The highest BCUT2D eigenvalue weighted by atomic mass is 32.1. The zero-order valence-corrected chi connectivity index (χ0v) is 14.7. The number of alkyl carbamates (subject to hydrolysis) is 1. The van der Waals surface area contributed by atoms with Crippen molar-refractivity contribution >= 4 is 37.6 Å². The van der Waals surface area contributed by atoms with Gasteiger partial charge in [0.15, 0.2) is 5.05 Å². The second kappa shape index (κ2) is 7.03. The van der Waals surface area contributed by atoms with Gasteiger partial charge in [0.05, 0.1) is 6.42 Å². The van der Waals surface area contributed by atoms with Gasteiger partial charge in [0.1, 0.15) is 11.6 Å². The van der Waals surface area contributed by atoms with E-state index >= 15 is 0 Å². The summed E-state index contributed by atoms with van der Waals surface area (Å²) >= 11 is 5.14. The highest BCUT2D eigenvalue weighted by Crippen LogP contribution is 2.10. The maximum absolute atomic E-state index is 11.7. The van der Waals surface area contributed by atoms with Crippen molar-refractivity contribution in [2.45, 2.75) is 58.5 Å². The van der Waals surface area contributed by atoms with Crippen LogP contribution in [0.15, 0.2) is 0 Å². The Morgan fingerprint density at radius 2 is 1.80 bits per heavy atom. The first-order chi connectivity index (χ1) is 8.80. The summed E-state index contributed by atoms with van der Waals surface area (Å²) in [4.78, 5) is 22.8. The topological polar surface area (TPSA) is 90.6 Å². The molecule has 3 N–H and O–H groups in total. The molecule has 20 heavy (non-hydrogen) atoms. The smallest absolute Gasteiger partial charge is 0.408 e. The van der Waals surface area contributed by atoms with Crippen molar-refractivity contribution in [3.05, 3.63) is 0 Å². The van der Waals surface area contributed by atoms with Crippen LogP contribution in [0.1, 0.15) is 27.2 Å². The molecule has 0 aliphatic rings. The van der Waals surface area contributed by atoms with Gasteiger partial charge in [-0.15, -0.1) is 0 Å². The van der Waals surface area contributed by atoms with Crippen molar-refractivity contribution in [1.29, 1.82) is 0 Å². The third-order valence-corrected chi connectivity index (χ3v) is 3.14. The average Bonchev–Trinajstić information content (AvgIpc) is 2.09. The zero-order chi connectivity index (χ0) is 16.1. The Bertz CT molecular complexity index is 388. The van der Waals surface area contributed by atoms with E-state index in [9.17, 15) is 9.59 Å². The molecule has 8 heteroatoms. The molecular weight excluding hydrogens is 296 g/mol. The third-order valence-electron chi connectivity index (χ3n) is 1.79. The summed E-state index contributed by atoms with van der Waals surface area (Å²) in [7, 11) is -1.92. The number of thiocarbonyl (C=S) groups is 1. The quantitative estimate of drug-likeness (QED) is 0.597. The van der Waals surface area contributed by atoms with Gasteiger partial charge in [-0.1, -0.05) is 0 Å². The number of ether oxygens (including phenoxy) is 1. The summed E-state index contributed by atoms with van der Waals surface area (Å²) in [5.41, 5.74) is 4.53. The normalized spacial score (nSPS) is 13.3. The Kier molecular flexibility index (Phi) is 6.62. The van der Waals surface area contributed by atoms with Crippen LogP contribution in [0, 0.1) is 0 Å². The second-order valence-electron chi connectivity index (χ2n) is 6.40. The molecule has 0 saturated carbocycles. The van der Waals surface area contributed by atoms with Crippen molar-refractivity contribution < 1.29 is 18.8 Å². The number of rotatable bonds is 5. The minimum absolute atomic E-state index is 0.122. The van der Waals surface area contributed by atoms with E-state index in [2.05, 4.69) is 5.32 Å². The number of hydrogen-bond donors (Lipinski definition) is 2. The Morgan fingerprint density at radius 3 is 2.15 bits per heavy atom. The molecule has 1 atom stereocenters. The first kappa shape index (κ1) is 18.8. The molecule has 116 valence electrons. The van der Waals surface area contributed by atoms with E-state index in [1.54, 1.807) is 20.8 Å². The maximum atomic E-state index is 11.7. The van der Waals surface area contributed by atoms with Crippen LogP contribution in [0.3, 0.4) is 0 Å². The van der Waals surface area contributed by atoms with Crippen molar-refractivity contribution in [3.63, 3.8) is 0 Å². The number of nitrogens with one attached hydrogen (secondary N) is 1. The van der Waals surface area contributed by atoms with Gasteiger partial charge in [-0.3, -0.25) is 4.79 Å². The zero-order valence-electron chi connectivity index (χ0n) is 12.9. The fraction of sp³-hybridized carbons (Fsp3) is 0.750. The van der Waals surface area contributed by atoms with Gasteiger partial charge in [-0.05, 0) is 52.6 Å². The van der Waals surface area contributed by atoms with Crippen LogP contribution in [-0.2, 0) is 14.0 Å². The van der Waals surface area contributed by atoms with Gasteiger partial charge < -0.3 is 20.2 Å². The Morgan fingerprint density at radius 1 is 1.30 bits per heavy atom. The molecule has 0 heterocycles. The largest absolute Gasteiger partial charge is 0.538 e. The van der Waals surface area contributed by atoms with Crippen LogP contribution in [0.4, 0.5) is 4.79 Å². The van der Waals surface area contributed by atoms with E-state index in [1.807, 2.05) is 19.6 Å². The van der Waals surface area contributed by atoms with Gasteiger partial charge in [-0.2, -0.15) is 0 Å². The predicted octanol–water partition coefficient (Wildman–Crippen LogP) is 1.93. The van der Waals surface area contributed by atoms with E-state index in [1.165, 1.54) is 0 Å². The lowest BCUT2D eigenvalue weighted by Gasteiger charge is -2.27. The van der Waals surface area contributed by atoms with Crippen LogP contribution in [0.2, 0.25) is 19.6 Å². The summed E-state index contributed by atoms with van der Waals surface area (Å²) in [6.45, 7) is 11.1. The van der Waals surface area contributed by atoms with Gasteiger partial charge in [-0.25, -0.2) is 4.79 Å². The van der Waals surface area contributed by atoms with E-state index in [0.717, 1.165) is 0 Å². The second-order valence-corrected chi connectivity index (χ2v) is 11.2. The summed E-state index contributed by atoms with van der Waals surface area (Å²) in [6, 6.07) is -0.760. The van der Waals surface area contributed by atoms with E-state index in [4.69, 9.17) is 27.1 Å². The first-order valence-corrected chi connectivity index (χ1v) is 10.1. The molecule has 0 spiro atoms. The molecule has 1 unspecified atom stereocenters. The van der Waals surface area contributed by atoms with Gasteiger partial charge in [0.2, 0.25) is 14.2 Å². The fourth-order valence-electron chi connectivity index (χ4n) is 1.22. The molecular formula is C12H24N2O4SSi. The molecule has 0 aromatic heterocycles. The molecule has 0 saturated heterocycles. The SMILES string of the molecule is CC(C)(C)OC(=O)NC(CC(N)=O)C(=S)O[Si](C)(C)C. The van der Waals surface area contributed by atoms with Gasteiger partial charge >= 0.3 is 6.09 Å². The number of amides is 2. The number of primary amides is 1. The van der Waals surface area contributed by atoms with E-state index in [-0.39, 0.29) is 11.5 Å². The van der Waals surface area contributed by atoms with Crippen LogP contribution in [0.5, 0.6) is 0 Å². The summed E-state index contributed by atoms with van der Waals surface area (Å²) < 4.78 is 10.7. The third kappa shape index (κ3) is 9.73. The van der Waals surface area contributed by atoms with Crippen LogP contribution < -0.4 is 11.1 Å². The molecule has 0 aliphatic carbocycles. The standard InChI is InChI=1S/C12H24N2O4SSi/c1-12(2,3)17-11(16)14-8(7-9(13)15)10(19)18-20(4,5)6/h8H,7H2,1-6H3,(H2,13,15)(H,14,16). The van der Waals surface area contributed by atoms with Gasteiger partial charge in [0, 0.05) is 0 Å². The molecule has 0 aromatic rings. The molecule has 6 nitrogen and oxygen atoms in total. The number of carbonyl (C=O) groups is 2. The molecule has 0 bridgehead atoms. The average molecular weight is 320 g/mol. The summed E-state index contributed by atoms with van der Waals surface area (Å²) in [6.07, 6.45) is -0.784. The minimum atomic E-state index is -1.92. The lowest BCUT2D eigenvalue weighted by atomic mass is 10.2. The number of hydrogen-bond acceptors (Lipinski definition) is 5. The highest BCUT2D eigenvalue weighted by molar-refractivity contribution is 7.80. The summed E-state index contributed by atoms with van der Waals surface area (Å²) in [5, 5.41) is 2.68. The lowest BCUT2D eigenvalue weighted by molar-refractivity contribution is -0.118. The molecule has 0 aromatic carbocycles. The Balaban J connectivity index is 4.77. The fourth-order valence-corrected chi connectivity index (χ4v) is 2.86. The van der Waals surface area contributed by atoms with Crippen molar-refractivity contribution in [3.8, 4) is 0 Å². The highest BCUT2D eigenvalue weighted by Gasteiger charge is 2.27. The summed E-state index contributed by atoms with van der Waals surface area (Å²) in [5.74, 6) is -0.576. The van der Waals surface area contributed by atoms with E-state index < -0.39 is 32.0 Å². The van der Waals surface area contributed by atoms with Crippen molar-refractivity contribution in [2.24, 2.45) is 5.73 Å². The lowest BCUT2D eigenvalue weighted by Crippen LogP contribution is -2.47. The molecule has 0 radical (unpaired) electrons. The maximum Gasteiger partial charge on any atom is 0.408 e. The van der Waals surface area contributed by atoms with Crippen LogP contribution >= 0.6 is 12.2 Å². The van der Waals surface area contributed by atoms with Crippen molar-refractivity contribution in [2.75, 3.05) is 0 Å². The number of nitrogens with two attached hydrogens (primary N) is 1. The molecule has 0 aliphatic heterocycles. The molecule has 0 fully saturated rings. The molecule has 0 rings (SSSR count). The van der Waals surface area contributed by atoms with Crippen LogP contribution in [-0.4, -0.2) is 37.0 Å². The first-order valence-electron chi connectivity index (χ1n) is 6.31.